The third kappa shape index (κ3) is 2.80. The minimum absolute atomic E-state index is 0. The third-order valence-corrected chi connectivity index (χ3v) is 3.29. The van der Waals surface area contributed by atoms with Crippen molar-refractivity contribution >= 4 is 12.4 Å². The Morgan fingerprint density at radius 1 is 1.11 bits per heavy atom. The summed E-state index contributed by atoms with van der Waals surface area (Å²) in [6, 6.07) is 2.53. The maximum Gasteiger partial charge on any atom is 0.200 e. The van der Waals surface area contributed by atoms with Crippen LogP contribution in [0.5, 0.6) is 17.2 Å². The molecule has 1 aliphatic heterocycles. The lowest BCUT2D eigenvalue weighted by Crippen LogP contribution is -2.27. The normalized spacial score (nSPS) is 18.1. The first-order chi connectivity index (χ1) is 8.11. The molecule has 1 atom stereocenters. The minimum atomic E-state index is -0.509. The Morgan fingerprint density at radius 2 is 1.72 bits per heavy atom. The van der Waals surface area contributed by atoms with Gasteiger partial charge in [0.05, 0.1) is 0 Å². The van der Waals surface area contributed by atoms with Crippen LogP contribution in [0.1, 0.15) is 24.4 Å². The van der Waals surface area contributed by atoms with Crippen molar-refractivity contribution in [2.75, 3.05) is 13.2 Å². The van der Waals surface area contributed by atoms with Crippen LogP contribution in [-0.2, 0) is 4.74 Å². The quantitative estimate of drug-likeness (QED) is 0.616. The van der Waals surface area contributed by atoms with Crippen LogP contribution < -0.4 is 5.73 Å². The summed E-state index contributed by atoms with van der Waals surface area (Å²) in [7, 11) is 0. The van der Waals surface area contributed by atoms with Gasteiger partial charge in [0, 0.05) is 24.8 Å². The molecule has 1 aromatic rings. The number of hydrogen-bond donors (Lipinski definition) is 4. The van der Waals surface area contributed by atoms with Crippen molar-refractivity contribution in [2.24, 2.45) is 11.7 Å². The van der Waals surface area contributed by atoms with Crippen LogP contribution in [0.25, 0.3) is 0 Å². The molecule has 6 heteroatoms. The summed E-state index contributed by atoms with van der Waals surface area (Å²) < 4.78 is 5.25. The van der Waals surface area contributed by atoms with Crippen molar-refractivity contribution in [1.82, 2.24) is 0 Å². The van der Waals surface area contributed by atoms with Gasteiger partial charge in [0.1, 0.15) is 0 Å². The maximum absolute atomic E-state index is 9.76. The van der Waals surface area contributed by atoms with Crippen LogP contribution >= 0.6 is 12.4 Å². The molecule has 1 fully saturated rings. The van der Waals surface area contributed by atoms with E-state index in [0.29, 0.717) is 18.8 Å². The SMILES string of the molecule is Cl.N[C@H](c1ccc(O)c(O)c1O)C1CCOCC1. The first-order valence-corrected chi connectivity index (χ1v) is 5.68. The van der Waals surface area contributed by atoms with E-state index in [-0.39, 0.29) is 35.9 Å². The molecule has 1 heterocycles. The van der Waals surface area contributed by atoms with E-state index in [1.54, 1.807) is 6.07 Å². The smallest absolute Gasteiger partial charge is 0.200 e. The molecule has 1 aromatic carbocycles. The number of aromatic hydroxyl groups is 3. The largest absolute Gasteiger partial charge is 0.504 e. The highest BCUT2D eigenvalue weighted by atomic mass is 35.5. The molecule has 5 N–H and O–H groups in total. The molecule has 0 amide bonds. The van der Waals surface area contributed by atoms with Gasteiger partial charge in [0.25, 0.3) is 0 Å². The second kappa shape index (κ2) is 6.13. The summed E-state index contributed by atoms with van der Waals surface area (Å²) in [4.78, 5) is 0. The molecular formula is C12H18ClNO4. The Bertz CT molecular complexity index is 407. The molecule has 0 radical (unpaired) electrons. The first kappa shape index (κ1) is 14.9. The van der Waals surface area contributed by atoms with E-state index < -0.39 is 5.75 Å². The van der Waals surface area contributed by atoms with Gasteiger partial charge in [-0.05, 0) is 30.9 Å². The lowest BCUT2D eigenvalue weighted by Gasteiger charge is -2.28. The number of nitrogens with two attached hydrogens (primary N) is 1. The third-order valence-electron chi connectivity index (χ3n) is 3.29. The topological polar surface area (TPSA) is 95.9 Å². The monoisotopic (exact) mass is 275 g/mol. The number of hydrogen-bond acceptors (Lipinski definition) is 5. The van der Waals surface area contributed by atoms with E-state index >= 15 is 0 Å². The maximum atomic E-state index is 9.76. The molecular weight excluding hydrogens is 258 g/mol. The Labute approximate surface area is 112 Å². The zero-order valence-electron chi connectivity index (χ0n) is 9.87. The molecule has 0 bridgehead atoms. The van der Waals surface area contributed by atoms with Crippen molar-refractivity contribution in [1.29, 1.82) is 0 Å². The molecule has 102 valence electrons. The van der Waals surface area contributed by atoms with Crippen LogP contribution in [0, 0.1) is 5.92 Å². The number of rotatable bonds is 2. The van der Waals surface area contributed by atoms with Gasteiger partial charge in [0.2, 0.25) is 5.75 Å². The van der Waals surface area contributed by atoms with Crippen LogP contribution in [0.4, 0.5) is 0 Å². The van der Waals surface area contributed by atoms with Crippen LogP contribution in [-0.4, -0.2) is 28.5 Å². The van der Waals surface area contributed by atoms with Gasteiger partial charge < -0.3 is 25.8 Å². The summed E-state index contributed by atoms with van der Waals surface area (Å²) in [5.41, 5.74) is 6.55. The van der Waals surface area contributed by atoms with Crippen LogP contribution in [0.2, 0.25) is 0 Å². The van der Waals surface area contributed by atoms with E-state index in [1.807, 2.05) is 0 Å². The molecule has 0 aliphatic carbocycles. The van der Waals surface area contributed by atoms with Crippen LogP contribution in [0.15, 0.2) is 12.1 Å². The second-order valence-electron chi connectivity index (χ2n) is 4.35. The van der Waals surface area contributed by atoms with Crippen molar-refractivity contribution in [3.05, 3.63) is 17.7 Å². The Hall–Kier alpha value is -1.17. The fourth-order valence-electron chi connectivity index (χ4n) is 2.18. The highest BCUT2D eigenvalue weighted by Crippen LogP contribution is 2.41. The number of ether oxygens (including phenoxy) is 1. The number of phenolic OH excluding ortho intramolecular Hbond substituents is 3. The highest BCUT2D eigenvalue weighted by molar-refractivity contribution is 5.85. The van der Waals surface area contributed by atoms with E-state index in [1.165, 1.54) is 6.07 Å². The minimum Gasteiger partial charge on any atom is -0.504 e. The lowest BCUT2D eigenvalue weighted by atomic mass is 9.87. The van der Waals surface area contributed by atoms with Gasteiger partial charge in [-0.25, -0.2) is 0 Å². The molecule has 1 saturated heterocycles. The summed E-state index contributed by atoms with van der Waals surface area (Å²) in [6.45, 7) is 1.34. The standard InChI is InChI=1S/C12H17NO4.ClH/c13-10(7-3-5-17-6-4-7)8-1-2-9(14)12(16)11(8)15;/h1-2,7,10,14-16H,3-6,13H2;1H/t10-;/m0./s1. The van der Waals surface area contributed by atoms with E-state index in [0.717, 1.165) is 12.8 Å². The molecule has 2 rings (SSSR count). The van der Waals surface area contributed by atoms with Gasteiger partial charge >= 0.3 is 0 Å². The highest BCUT2D eigenvalue weighted by Gasteiger charge is 2.25. The fraction of sp³-hybridized carbons (Fsp3) is 0.500. The Morgan fingerprint density at radius 3 is 2.33 bits per heavy atom. The zero-order valence-corrected chi connectivity index (χ0v) is 10.7. The molecule has 0 spiro atoms. The number of halogens is 1. The summed E-state index contributed by atoms with van der Waals surface area (Å²) >= 11 is 0. The van der Waals surface area contributed by atoms with Crippen molar-refractivity contribution < 1.29 is 20.1 Å². The fourth-order valence-corrected chi connectivity index (χ4v) is 2.18. The van der Waals surface area contributed by atoms with Gasteiger partial charge in [-0.3, -0.25) is 0 Å². The van der Waals surface area contributed by atoms with Crippen molar-refractivity contribution in [3.63, 3.8) is 0 Å². The Kier molecular flexibility index (Phi) is 5.07. The molecule has 0 aromatic heterocycles. The summed E-state index contributed by atoms with van der Waals surface area (Å²) in [5, 5.41) is 28.5. The van der Waals surface area contributed by atoms with Crippen molar-refractivity contribution in [3.8, 4) is 17.2 Å². The molecule has 18 heavy (non-hydrogen) atoms. The molecule has 1 aliphatic rings. The molecule has 0 saturated carbocycles. The first-order valence-electron chi connectivity index (χ1n) is 5.68. The van der Waals surface area contributed by atoms with Gasteiger partial charge in [-0.2, -0.15) is 0 Å². The van der Waals surface area contributed by atoms with Gasteiger partial charge in [-0.15, -0.1) is 12.4 Å². The predicted molar refractivity (Wildman–Crippen MR) is 69.2 cm³/mol. The Balaban J connectivity index is 0.00000162. The zero-order chi connectivity index (χ0) is 12.4. The molecule has 5 nitrogen and oxygen atoms in total. The van der Waals surface area contributed by atoms with Gasteiger partial charge in [-0.1, -0.05) is 0 Å². The van der Waals surface area contributed by atoms with Crippen molar-refractivity contribution in [2.45, 2.75) is 18.9 Å². The second-order valence-corrected chi connectivity index (χ2v) is 4.35. The van der Waals surface area contributed by atoms with Crippen LogP contribution in [0.3, 0.4) is 0 Å². The average molecular weight is 276 g/mol. The number of phenols is 3. The lowest BCUT2D eigenvalue weighted by molar-refractivity contribution is 0.0580. The predicted octanol–water partition coefficient (Wildman–Crippen LogP) is 1.65. The average Bonchev–Trinajstić information content (AvgIpc) is 2.36. The van der Waals surface area contributed by atoms with E-state index in [2.05, 4.69) is 0 Å². The van der Waals surface area contributed by atoms with Gasteiger partial charge in [0.15, 0.2) is 11.5 Å². The summed E-state index contributed by atoms with van der Waals surface area (Å²) in [6.07, 6.45) is 1.67. The van der Waals surface area contributed by atoms with E-state index in [4.69, 9.17) is 10.5 Å². The van der Waals surface area contributed by atoms with E-state index in [9.17, 15) is 15.3 Å². The summed E-state index contributed by atoms with van der Waals surface area (Å²) in [5.74, 6) is -0.960. The number of benzene rings is 1. The molecule has 0 unspecified atom stereocenters.